The van der Waals surface area contributed by atoms with Crippen LogP contribution < -0.4 is 9.46 Å². The molecule has 0 spiro atoms. The van der Waals surface area contributed by atoms with Crippen molar-refractivity contribution < 1.29 is 36.2 Å². The Morgan fingerprint density at radius 1 is 1.00 bits per heavy atom. The van der Waals surface area contributed by atoms with E-state index in [4.69, 9.17) is 4.74 Å². The van der Waals surface area contributed by atoms with Gasteiger partial charge in [0.15, 0.2) is 0 Å². The van der Waals surface area contributed by atoms with Crippen LogP contribution in [-0.2, 0) is 16.2 Å². The minimum Gasteiger partial charge on any atom is -0.495 e. The third-order valence-corrected chi connectivity index (χ3v) is 6.11. The number of ether oxygens (including phenoxy) is 1. The second-order valence-corrected chi connectivity index (χ2v) is 8.50. The molecule has 0 aliphatic carbocycles. The number of carbonyl (C=O) groups is 1. The molecule has 3 rings (SSSR count). The summed E-state index contributed by atoms with van der Waals surface area (Å²) in [5.74, 6) is -1.53. The summed E-state index contributed by atoms with van der Waals surface area (Å²) >= 11 is 0. The largest absolute Gasteiger partial charge is 0.495 e. The summed E-state index contributed by atoms with van der Waals surface area (Å²) < 4.78 is 73.5. The molecule has 0 saturated heterocycles. The van der Waals surface area contributed by atoms with Gasteiger partial charge in [-0.3, -0.25) is 4.72 Å². The number of halogens is 3. The summed E-state index contributed by atoms with van der Waals surface area (Å²) in [6.07, 6.45) is -4.70. The number of carboxylic acid groups (broad SMARTS) is 1. The lowest BCUT2D eigenvalue weighted by Gasteiger charge is -2.18. The van der Waals surface area contributed by atoms with Gasteiger partial charge in [-0.15, -0.1) is 0 Å². The number of nitrogens with one attached hydrogen (secondary N) is 1. The molecule has 0 radical (unpaired) electrons. The quantitative estimate of drug-likeness (QED) is 0.523. The standard InChI is InChI=1S/C22H18F3NO5S/c1-13-5-3-4-6-16(13)17-9-8-15(22(23,24)25)12-18(17)26-32(29,30)20-11-14(21(27)28)7-10-19(20)31-2/h3-12,26H,1-2H3,(H,27,28). The summed E-state index contributed by atoms with van der Waals surface area (Å²) in [6.45, 7) is 1.74. The molecule has 3 aromatic rings. The van der Waals surface area contributed by atoms with Crippen molar-refractivity contribution in [1.82, 2.24) is 0 Å². The Hall–Kier alpha value is -3.53. The van der Waals surface area contributed by atoms with Crippen LogP contribution in [-0.4, -0.2) is 26.6 Å². The maximum absolute atomic E-state index is 13.3. The lowest BCUT2D eigenvalue weighted by atomic mass is 9.98. The van der Waals surface area contributed by atoms with E-state index in [0.717, 1.165) is 29.8 Å². The van der Waals surface area contributed by atoms with Crippen molar-refractivity contribution in [3.05, 3.63) is 77.4 Å². The molecule has 0 bridgehead atoms. The van der Waals surface area contributed by atoms with Crippen LogP contribution in [0.1, 0.15) is 21.5 Å². The number of aromatic carboxylic acids is 1. The first kappa shape index (κ1) is 23.1. The molecule has 3 aromatic carbocycles. The maximum atomic E-state index is 13.3. The van der Waals surface area contributed by atoms with Gasteiger partial charge in [-0.05, 0) is 48.4 Å². The second-order valence-electron chi connectivity index (χ2n) is 6.85. The van der Waals surface area contributed by atoms with E-state index in [1.807, 2.05) is 0 Å². The van der Waals surface area contributed by atoms with Gasteiger partial charge >= 0.3 is 12.1 Å². The van der Waals surface area contributed by atoms with E-state index in [9.17, 15) is 31.5 Å². The lowest BCUT2D eigenvalue weighted by Crippen LogP contribution is -2.16. The Labute approximate surface area is 182 Å². The number of benzene rings is 3. The highest BCUT2D eigenvalue weighted by atomic mass is 32.2. The molecule has 0 unspecified atom stereocenters. The third kappa shape index (κ3) is 4.70. The Balaban J connectivity index is 2.20. The highest BCUT2D eigenvalue weighted by Gasteiger charge is 2.32. The van der Waals surface area contributed by atoms with Gasteiger partial charge in [-0.25, -0.2) is 13.2 Å². The summed E-state index contributed by atoms with van der Waals surface area (Å²) in [5.41, 5.74) is -0.193. The van der Waals surface area contributed by atoms with Gasteiger partial charge in [0.2, 0.25) is 0 Å². The number of anilines is 1. The number of sulfonamides is 1. The van der Waals surface area contributed by atoms with E-state index in [2.05, 4.69) is 4.72 Å². The van der Waals surface area contributed by atoms with E-state index in [0.29, 0.717) is 11.6 Å². The van der Waals surface area contributed by atoms with Gasteiger partial charge in [0.1, 0.15) is 10.6 Å². The third-order valence-electron chi connectivity index (χ3n) is 4.73. The van der Waals surface area contributed by atoms with Crippen LogP contribution in [0.15, 0.2) is 65.6 Å². The minimum absolute atomic E-state index is 0.160. The number of aryl methyl sites for hydroxylation is 1. The Morgan fingerprint density at radius 2 is 1.69 bits per heavy atom. The number of alkyl halides is 3. The van der Waals surface area contributed by atoms with E-state index >= 15 is 0 Å². The number of rotatable bonds is 6. The molecule has 2 N–H and O–H groups in total. The molecule has 0 aliphatic rings. The lowest BCUT2D eigenvalue weighted by molar-refractivity contribution is -0.137. The maximum Gasteiger partial charge on any atom is 0.416 e. The highest BCUT2D eigenvalue weighted by molar-refractivity contribution is 7.92. The van der Waals surface area contributed by atoms with Gasteiger partial charge in [0.05, 0.1) is 23.9 Å². The normalized spacial score (nSPS) is 11.8. The average Bonchev–Trinajstić information content (AvgIpc) is 2.73. The fourth-order valence-corrected chi connectivity index (χ4v) is 4.40. The molecular weight excluding hydrogens is 447 g/mol. The zero-order valence-electron chi connectivity index (χ0n) is 16.9. The molecule has 0 aliphatic heterocycles. The Kier molecular flexibility index (Phi) is 6.18. The number of hydrogen-bond acceptors (Lipinski definition) is 4. The first-order valence-corrected chi connectivity index (χ1v) is 10.6. The minimum atomic E-state index is -4.70. The Bertz CT molecular complexity index is 1290. The van der Waals surface area contributed by atoms with Crippen molar-refractivity contribution in [3.63, 3.8) is 0 Å². The average molecular weight is 465 g/mol. The monoisotopic (exact) mass is 465 g/mol. The van der Waals surface area contributed by atoms with Crippen LogP contribution in [0.3, 0.4) is 0 Å². The van der Waals surface area contributed by atoms with Gasteiger partial charge in [-0.1, -0.05) is 30.3 Å². The molecule has 0 fully saturated rings. The van der Waals surface area contributed by atoms with E-state index in [-0.39, 0.29) is 22.6 Å². The molecule has 0 saturated carbocycles. The van der Waals surface area contributed by atoms with Crippen LogP contribution in [0.5, 0.6) is 5.75 Å². The van der Waals surface area contributed by atoms with Crippen molar-refractivity contribution in [2.24, 2.45) is 0 Å². The topological polar surface area (TPSA) is 92.7 Å². The zero-order chi connectivity index (χ0) is 23.7. The van der Waals surface area contributed by atoms with Gasteiger partial charge in [0.25, 0.3) is 10.0 Å². The summed E-state index contributed by atoms with van der Waals surface area (Å²) in [4.78, 5) is 10.8. The zero-order valence-corrected chi connectivity index (χ0v) is 17.7. The van der Waals surface area contributed by atoms with Crippen LogP contribution in [0.2, 0.25) is 0 Å². The van der Waals surface area contributed by atoms with E-state index in [1.54, 1.807) is 31.2 Å². The number of hydrogen-bond donors (Lipinski definition) is 2. The first-order chi connectivity index (χ1) is 14.9. The summed E-state index contributed by atoms with van der Waals surface area (Å²) in [5, 5.41) is 9.20. The van der Waals surface area contributed by atoms with Gasteiger partial charge in [0, 0.05) is 5.56 Å². The van der Waals surface area contributed by atoms with E-state index < -0.39 is 32.6 Å². The molecule has 0 aromatic heterocycles. The molecule has 0 atom stereocenters. The molecule has 10 heteroatoms. The Morgan fingerprint density at radius 3 is 2.28 bits per heavy atom. The van der Waals surface area contributed by atoms with Crippen molar-refractivity contribution in [3.8, 4) is 16.9 Å². The fourth-order valence-electron chi connectivity index (χ4n) is 3.13. The smallest absolute Gasteiger partial charge is 0.416 e. The highest BCUT2D eigenvalue weighted by Crippen LogP contribution is 2.38. The van der Waals surface area contributed by atoms with Crippen LogP contribution in [0.25, 0.3) is 11.1 Å². The molecule has 168 valence electrons. The van der Waals surface area contributed by atoms with E-state index in [1.165, 1.54) is 13.2 Å². The molecule has 6 nitrogen and oxygen atoms in total. The van der Waals surface area contributed by atoms with Crippen molar-refractivity contribution in [2.75, 3.05) is 11.8 Å². The molecule has 32 heavy (non-hydrogen) atoms. The number of methoxy groups -OCH3 is 1. The fraction of sp³-hybridized carbons (Fsp3) is 0.136. The van der Waals surface area contributed by atoms with Crippen molar-refractivity contribution in [1.29, 1.82) is 0 Å². The van der Waals surface area contributed by atoms with Crippen LogP contribution in [0.4, 0.5) is 18.9 Å². The summed E-state index contributed by atoms with van der Waals surface area (Å²) in [6, 6.07) is 12.8. The van der Waals surface area contributed by atoms with Crippen molar-refractivity contribution in [2.45, 2.75) is 18.0 Å². The molecule has 0 amide bonds. The summed E-state index contributed by atoms with van der Waals surface area (Å²) in [7, 11) is -3.33. The molecule has 0 heterocycles. The van der Waals surface area contributed by atoms with Crippen LogP contribution in [0, 0.1) is 6.92 Å². The second kappa shape index (κ2) is 8.54. The van der Waals surface area contributed by atoms with Crippen LogP contribution >= 0.6 is 0 Å². The predicted molar refractivity (Wildman–Crippen MR) is 112 cm³/mol. The van der Waals surface area contributed by atoms with Crippen molar-refractivity contribution >= 4 is 21.7 Å². The first-order valence-electron chi connectivity index (χ1n) is 9.15. The molecular formula is C22H18F3NO5S. The number of carboxylic acids is 1. The van der Waals surface area contributed by atoms with Gasteiger partial charge in [-0.2, -0.15) is 13.2 Å². The predicted octanol–water partition coefficient (Wildman–Crippen LogP) is 5.19. The SMILES string of the molecule is COc1ccc(C(=O)O)cc1S(=O)(=O)Nc1cc(C(F)(F)F)ccc1-c1ccccc1C. The van der Waals surface area contributed by atoms with Gasteiger partial charge < -0.3 is 9.84 Å².